The van der Waals surface area contributed by atoms with Crippen LogP contribution >= 0.6 is 11.6 Å². The maximum Gasteiger partial charge on any atom is 0.320 e. The Bertz CT molecular complexity index is 1120. The van der Waals surface area contributed by atoms with E-state index in [9.17, 15) is 9.90 Å². The van der Waals surface area contributed by atoms with Crippen LogP contribution in [0.4, 0.5) is 0 Å². The first-order valence-electron chi connectivity index (χ1n) is 11.1. The molecule has 1 aliphatic heterocycles. The highest BCUT2D eigenvalue weighted by Gasteiger charge is 2.28. The third-order valence-corrected chi connectivity index (χ3v) is 6.58. The van der Waals surface area contributed by atoms with Crippen LogP contribution in [0.2, 0.25) is 5.02 Å². The normalized spacial score (nSPS) is 17.0. The summed E-state index contributed by atoms with van der Waals surface area (Å²) >= 11 is 6.59. The Hall–Kier alpha value is -2.88. The molecule has 0 saturated carbocycles. The Balaban J connectivity index is 1.51. The molecule has 164 valence electrons. The van der Waals surface area contributed by atoms with Gasteiger partial charge in [0, 0.05) is 11.6 Å². The molecule has 0 spiro atoms. The second-order valence-electron chi connectivity index (χ2n) is 8.40. The number of nitrogens with zero attached hydrogens (tertiary/aromatic N) is 1. The fourth-order valence-corrected chi connectivity index (χ4v) is 4.71. The minimum absolute atomic E-state index is 0.401. The van der Waals surface area contributed by atoms with Gasteiger partial charge in [0.25, 0.3) is 0 Å². The second-order valence-corrected chi connectivity index (χ2v) is 8.80. The zero-order chi connectivity index (χ0) is 22.5. The molecule has 4 rings (SSSR count). The Labute approximate surface area is 195 Å². The van der Waals surface area contributed by atoms with Gasteiger partial charge in [0.15, 0.2) is 0 Å². The average molecular weight is 446 g/mol. The number of aliphatic carboxylic acids is 1. The van der Waals surface area contributed by atoms with Crippen molar-refractivity contribution in [3.05, 3.63) is 94.0 Å². The van der Waals surface area contributed by atoms with Crippen LogP contribution in [0.15, 0.2) is 66.7 Å². The summed E-state index contributed by atoms with van der Waals surface area (Å²) in [5.41, 5.74) is 6.82. The van der Waals surface area contributed by atoms with Crippen LogP contribution in [0.5, 0.6) is 0 Å². The lowest BCUT2D eigenvalue weighted by Gasteiger charge is -2.32. The van der Waals surface area contributed by atoms with Gasteiger partial charge in [-0.15, -0.1) is 0 Å². The zero-order valence-electron chi connectivity index (χ0n) is 18.3. The smallest absolute Gasteiger partial charge is 0.320 e. The van der Waals surface area contributed by atoms with Gasteiger partial charge in [-0.2, -0.15) is 0 Å². The molecule has 1 atom stereocenters. The molecule has 1 saturated heterocycles. The number of rotatable bonds is 6. The molecule has 4 heteroatoms. The van der Waals surface area contributed by atoms with Gasteiger partial charge < -0.3 is 5.11 Å². The molecule has 0 bridgehead atoms. The molecule has 1 N–H and O–H groups in total. The van der Waals surface area contributed by atoms with Crippen molar-refractivity contribution in [1.82, 2.24) is 4.90 Å². The molecule has 1 heterocycles. The molecule has 1 fully saturated rings. The number of halogens is 1. The van der Waals surface area contributed by atoms with E-state index >= 15 is 0 Å². The summed E-state index contributed by atoms with van der Waals surface area (Å²) < 4.78 is 0. The molecule has 0 aromatic heterocycles. The van der Waals surface area contributed by atoms with Gasteiger partial charge in [0.1, 0.15) is 6.04 Å². The molecule has 3 nitrogen and oxygen atoms in total. The third kappa shape index (κ3) is 5.12. The van der Waals surface area contributed by atoms with E-state index in [0.29, 0.717) is 18.0 Å². The van der Waals surface area contributed by atoms with E-state index in [4.69, 9.17) is 11.6 Å². The number of carboxylic acids is 1. The van der Waals surface area contributed by atoms with Crippen LogP contribution in [-0.2, 0) is 11.3 Å². The Morgan fingerprint density at radius 3 is 2.56 bits per heavy atom. The van der Waals surface area contributed by atoms with E-state index in [1.807, 2.05) is 35.2 Å². The standard InChI is InChI=1S/C28H28ClNO2/c1-20-22(10-7-11-25(20)23-8-3-2-4-9-23)15-16-24-14-13-21(18-26(24)29)19-30-17-6-5-12-27(30)28(31)32/h2-4,7-11,13-16,18,27H,5-6,12,17,19H2,1H3,(H,31,32)/b16-15+. The first-order chi connectivity index (χ1) is 15.5. The van der Waals surface area contributed by atoms with Crippen molar-refractivity contribution in [2.24, 2.45) is 0 Å². The van der Waals surface area contributed by atoms with Crippen molar-refractivity contribution in [1.29, 1.82) is 0 Å². The number of carbonyl (C=O) groups is 1. The summed E-state index contributed by atoms with van der Waals surface area (Å²) in [5, 5.41) is 10.2. The Morgan fingerprint density at radius 1 is 1.03 bits per heavy atom. The van der Waals surface area contributed by atoms with Gasteiger partial charge in [-0.3, -0.25) is 9.69 Å². The van der Waals surface area contributed by atoms with Gasteiger partial charge in [-0.05, 0) is 65.8 Å². The lowest BCUT2D eigenvalue weighted by molar-refractivity contribution is -0.144. The van der Waals surface area contributed by atoms with Gasteiger partial charge in [0.2, 0.25) is 0 Å². The predicted octanol–water partition coefficient (Wildman–Crippen LogP) is 6.92. The summed E-state index contributed by atoms with van der Waals surface area (Å²) in [6, 6.07) is 22.4. The molecule has 32 heavy (non-hydrogen) atoms. The van der Waals surface area contributed by atoms with Crippen LogP contribution in [0.1, 0.15) is 41.5 Å². The van der Waals surface area contributed by atoms with Crippen LogP contribution in [0, 0.1) is 6.92 Å². The maximum atomic E-state index is 11.6. The number of likely N-dealkylation sites (tertiary alicyclic amines) is 1. The van der Waals surface area contributed by atoms with E-state index in [1.165, 1.54) is 16.7 Å². The molecular weight excluding hydrogens is 418 g/mol. The van der Waals surface area contributed by atoms with Crippen molar-refractivity contribution >= 4 is 29.7 Å². The van der Waals surface area contributed by atoms with E-state index in [2.05, 4.69) is 55.5 Å². The Morgan fingerprint density at radius 2 is 1.81 bits per heavy atom. The molecule has 0 aliphatic carbocycles. The van der Waals surface area contributed by atoms with Crippen LogP contribution in [0.3, 0.4) is 0 Å². The van der Waals surface area contributed by atoms with Gasteiger partial charge in [-0.25, -0.2) is 0 Å². The maximum absolute atomic E-state index is 11.6. The minimum atomic E-state index is -0.733. The van der Waals surface area contributed by atoms with E-state index < -0.39 is 12.0 Å². The second kappa shape index (κ2) is 10.2. The topological polar surface area (TPSA) is 40.5 Å². The SMILES string of the molecule is Cc1c(/C=C/c2ccc(CN3CCCCC3C(=O)O)cc2Cl)cccc1-c1ccccc1. The highest BCUT2D eigenvalue weighted by Crippen LogP contribution is 2.28. The van der Waals surface area contributed by atoms with Gasteiger partial charge in [-0.1, -0.05) is 90.8 Å². The van der Waals surface area contributed by atoms with Crippen molar-refractivity contribution < 1.29 is 9.90 Å². The van der Waals surface area contributed by atoms with E-state index in [1.54, 1.807) is 0 Å². The predicted molar refractivity (Wildman–Crippen MR) is 133 cm³/mol. The summed E-state index contributed by atoms with van der Waals surface area (Å²) in [7, 11) is 0. The van der Waals surface area contributed by atoms with Gasteiger partial charge in [0.05, 0.1) is 0 Å². The summed E-state index contributed by atoms with van der Waals surface area (Å²) in [5.74, 6) is -0.733. The quantitative estimate of drug-likeness (QED) is 0.418. The number of hydrogen-bond donors (Lipinski definition) is 1. The molecule has 1 unspecified atom stereocenters. The van der Waals surface area contributed by atoms with Crippen molar-refractivity contribution in [3.63, 3.8) is 0 Å². The monoisotopic (exact) mass is 445 g/mol. The first-order valence-corrected chi connectivity index (χ1v) is 11.5. The summed E-state index contributed by atoms with van der Waals surface area (Å²) in [6.45, 7) is 3.57. The molecule has 0 radical (unpaired) electrons. The highest BCUT2D eigenvalue weighted by molar-refractivity contribution is 6.32. The van der Waals surface area contributed by atoms with Crippen LogP contribution < -0.4 is 0 Å². The lowest BCUT2D eigenvalue weighted by Crippen LogP contribution is -2.43. The average Bonchev–Trinajstić information content (AvgIpc) is 2.80. The Kier molecular flexibility index (Phi) is 7.09. The summed E-state index contributed by atoms with van der Waals surface area (Å²) in [6.07, 6.45) is 6.88. The zero-order valence-corrected chi connectivity index (χ0v) is 19.1. The third-order valence-electron chi connectivity index (χ3n) is 6.25. The van der Waals surface area contributed by atoms with Crippen LogP contribution in [0.25, 0.3) is 23.3 Å². The summed E-state index contributed by atoms with van der Waals surface area (Å²) in [4.78, 5) is 13.6. The minimum Gasteiger partial charge on any atom is -0.480 e. The van der Waals surface area contributed by atoms with Gasteiger partial charge >= 0.3 is 5.97 Å². The fraction of sp³-hybridized carbons (Fsp3) is 0.250. The van der Waals surface area contributed by atoms with E-state index in [-0.39, 0.29) is 0 Å². The van der Waals surface area contributed by atoms with Crippen molar-refractivity contribution in [2.75, 3.05) is 6.54 Å². The first kappa shape index (κ1) is 22.3. The number of hydrogen-bond acceptors (Lipinski definition) is 2. The number of carboxylic acid groups (broad SMARTS) is 1. The van der Waals surface area contributed by atoms with Crippen molar-refractivity contribution in [3.8, 4) is 11.1 Å². The van der Waals surface area contributed by atoms with Crippen molar-refractivity contribution in [2.45, 2.75) is 38.8 Å². The largest absolute Gasteiger partial charge is 0.480 e. The molecule has 1 aliphatic rings. The number of piperidine rings is 1. The molecular formula is C28H28ClNO2. The molecule has 3 aromatic rings. The van der Waals surface area contributed by atoms with E-state index in [0.717, 1.165) is 36.1 Å². The van der Waals surface area contributed by atoms with Crippen LogP contribution in [-0.4, -0.2) is 28.6 Å². The highest BCUT2D eigenvalue weighted by atomic mass is 35.5. The number of benzene rings is 3. The molecule has 3 aromatic carbocycles. The molecule has 0 amide bonds. The fourth-order valence-electron chi connectivity index (χ4n) is 4.44. The lowest BCUT2D eigenvalue weighted by atomic mass is 9.96.